The van der Waals surface area contributed by atoms with Gasteiger partial charge in [-0.15, -0.1) is 0 Å². The Labute approximate surface area is 168 Å². The number of hydrogen-bond donors (Lipinski definition) is 2. The fourth-order valence-electron chi connectivity index (χ4n) is 3.44. The normalized spacial score (nSPS) is 16.8. The average molecular weight is 434 g/mol. The van der Waals surface area contributed by atoms with Gasteiger partial charge in [-0.25, -0.2) is 4.39 Å². The molecule has 27 heavy (non-hydrogen) atoms. The zero-order chi connectivity index (χ0) is 19.1. The molecule has 0 bridgehead atoms. The molecule has 1 aliphatic rings. The number of aliphatic imine (C=N–C) groups is 1. The molecule has 2 N–H and O–H groups in total. The highest BCUT2D eigenvalue weighted by Gasteiger charge is 2.34. The average Bonchev–Trinajstić information content (AvgIpc) is 2.69. The van der Waals surface area contributed by atoms with E-state index in [1.807, 2.05) is 6.07 Å². The summed E-state index contributed by atoms with van der Waals surface area (Å²) in [4.78, 5) is 4.31. The highest BCUT2D eigenvalue weighted by Crippen LogP contribution is 2.34. The molecule has 144 valence electrons. The molecule has 0 aromatic heterocycles. The second-order valence-electron chi connectivity index (χ2n) is 6.81. The molecule has 0 saturated carbocycles. The minimum absolute atomic E-state index is 0.00935. The monoisotopic (exact) mass is 433 g/mol. The van der Waals surface area contributed by atoms with Crippen molar-refractivity contribution in [1.29, 1.82) is 0 Å². The van der Waals surface area contributed by atoms with E-state index >= 15 is 0 Å². The molecule has 1 heterocycles. The van der Waals surface area contributed by atoms with E-state index in [1.54, 1.807) is 13.1 Å². The van der Waals surface area contributed by atoms with Crippen molar-refractivity contribution in [3.05, 3.63) is 69.9 Å². The smallest absolute Gasteiger partial charge is 0.191 e. The zero-order valence-electron chi connectivity index (χ0n) is 15.5. The zero-order valence-corrected chi connectivity index (χ0v) is 17.1. The summed E-state index contributed by atoms with van der Waals surface area (Å²) in [7, 11) is 1.75. The van der Waals surface area contributed by atoms with Gasteiger partial charge in [0.15, 0.2) is 5.96 Å². The number of guanidine groups is 1. The van der Waals surface area contributed by atoms with Crippen LogP contribution >= 0.6 is 15.9 Å². The number of nitrogens with zero attached hydrogens (tertiary/aromatic N) is 1. The van der Waals surface area contributed by atoms with Crippen molar-refractivity contribution in [1.82, 2.24) is 10.6 Å². The topological polar surface area (TPSA) is 45.7 Å². The van der Waals surface area contributed by atoms with Crippen molar-refractivity contribution in [2.24, 2.45) is 4.99 Å². The minimum Gasteiger partial charge on any atom is -0.381 e. The van der Waals surface area contributed by atoms with Crippen LogP contribution < -0.4 is 10.6 Å². The molecule has 0 atom stereocenters. The predicted octanol–water partition coefficient (Wildman–Crippen LogP) is 4.00. The summed E-state index contributed by atoms with van der Waals surface area (Å²) >= 11 is 3.51. The van der Waals surface area contributed by atoms with Gasteiger partial charge in [0, 0.05) is 43.2 Å². The molecule has 3 rings (SSSR count). The second kappa shape index (κ2) is 9.33. The summed E-state index contributed by atoms with van der Waals surface area (Å²) in [5.74, 6) is 0.482. The lowest BCUT2D eigenvalue weighted by atomic mass is 9.74. The van der Waals surface area contributed by atoms with E-state index in [1.165, 1.54) is 17.7 Å². The molecule has 1 aliphatic heterocycles. The Balaban J connectivity index is 1.65. The molecular weight excluding hydrogens is 409 g/mol. The highest BCUT2D eigenvalue weighted by atomic mass is 79.9. The van der Waals surface area contributed by atoms with Crippen LogP contribution in [0.25, 0.3) is 0 Å². The molecule has 1 fully saturated rings. The third-order valence-electron chi connectivity index (χ3n) is 5.07. The van der Waals surface area contributed by atoms with Crippen LogP contribution in [0.4, 0.5) is 4.39 Å². The molecule has 2 aromatic carbocycles. The fraction of sp³-hybridized carbons (Fsp3) is 0.381. The van der Waals surface area contributed by atoms with E-state index in [0.29, 0.717) is 12.5 Å². The van der Waals surface area contributed by atoms with Crippen LogP contribution in [-0.2, 0) is 16.7 Å². The van der Waals surface area contributed by atoms with Gasteiger partial charge in [-0.1, -0.05) is 40.2 Å². The number of hydrogen-bond acceptors (Lipinski definition) is 2. The van der Waals surface area contributed by atoms with Crippen LogP contribution in [0.15, 0.2) is 58.0 Å². The first-order valence-corrected chi connectivity index (χ1v) is 9.93. The Morgan fingerprint density at radius 3 is 2.56 bits per heavy atom. The standard InChI is InChI=1S/C21H25BrFN3O/c1-24-20(25-14-16-3-2-4-19(23)13-16)26-15-21(9-11-27-12-10-21)17-5-7-18(22)8-6-17/h2-8,13H,9-12,14-15H2,1H3,(H2,24,25,26). The van der Waals surface area contributed by atoms with Crippen LogP contribution in [-0.4, -0.2) is 32.8 Å². The van der Waals surface area contributed by atoms with E-state index < -0.39 is 0 Å². The quantitative estimate of drug-likeness (QED) is 0.553. The van der Waals surface area contributed by atoms with Crippen LogP contribution in [0.2, 0.25) is 0 Å². The highest BCUT2D eigenvalue weighted by molar-refractivity contribution is 9.10. The van der Waals surface area contributed by atoms with E-state index in [0.717, 1.165) is 42.6 Å². The van der Waals surface area contributed by atoms with E-state index in [4.69, 9.17) is 4.74 Å². The number of nitrogens with one attached hydrogen (secondary N) is 2. The van der Waals surface area contributed by atoms with Crippen LogP contribution in [0.3, 0.4) is 0 Å². The fourth-order valence-corrected chi connectivity index (χ4v) is 3.70. The maximum Gasteiger partial charge on any atom is 0.191 e. The van der Waals surface area contributed by atoms with Crippen molar-refractivity contribution in [2.45, 2.75) is 24.8 Å². The van der Waals surface area contributed by atoms with Crippen LogP contribution in [0.1, 0.15) is 24.0 Å². The maximum absolute atomic E-state index is 13.3. The van der Waals surface area contributed by atoms with Crippen LogP contribution in [0, 0.1) is 5.82 Å². The summed E-state index contributed by atoms with van der Waals surface area (Å²) in [5, 5.41) is 6.72. The Morgan fingerprint density at radius 1 is 1.15 bits per heavy atom. The molecule has 2 aromatic rings. The molecule has 0 unspecified atom stereocenters. The minimum atomic E-state index is -0.228. The third kappa shape index (κ3) is 5.30. The van der Waals surface area contributed by atoms with E-state index in [2.05, 4.69) is 55.8 Å². The molecule has 0 aliphatic carbocycles. The van der Waals surface area contributed by atoms with Crippen molar-refractivity contribution in [3.63, 3.8) is 0 Å². The second-order valence-corrected chi connectivity index (χ2v) is 7.72. The van der Waals surface area contributed by atoms with Crippen molar-refractivity contribution >= 4 is 21.9 Å². The van der Waals surface area contributed by atoms with Gasteiger partial charge in [0.25, 0.3) is 0 Å². The number of benzene rings is 2. The largest absolute Gasteiger partial charge is 0.381 e. The van der Waals surface area contributed by atoms with Crippen LogP contribution in [0.5, 0.6) is 0 Å². The van der Waals surface area contributed by atoms with Gasteiger partial charge in [-0.2, -0.15) is 0 Å². The van der Waals surface area contributed by atoms with E-state index in [9.17, 15) is 4.39 Å². The number of halogens is 2. The third-order valence-corrected chi connectivity index (χ3v) is 5.60. The van der Waals surface area contributed by atoms with Gasteiger partial charge in [-0.05, 0) is 48.2 Å². The van der Waals surface area contributed by atoms with Crippen molar-refractivity contribution in [2.75, 3.05) is 26.8 Å². The Hall–Kier alpha value is -1.92. The van der Waals surface area contributed by atoms with Gasteiger partial charge in [0.05, 0.1) is 0 Å². The number of rotatable bonds is 5. The molecule has 4 nitrogen and oxygen atoms in total. The molecule has 0 amide bonds. The first-order valence-electron chi connectivity index (χ1n) is 9.14. The Morgan fingerprint density at radius 2 is 1.89 bits per heavy atom. The van der Waals surface area contributed by atoms with Gasteiger partial charge in [0.2, 0.25) is 0 Å². The summed E-state index contributed by atoms with van der Waals surface area (Å²) in [6.45, 7) is 2.80. The summed E-state index contributed by atoms with van der Waals surface area (Å²) < 4.78 is 20.0. The predicted molar refractivity (Wildman–Crippen MR) is 110 cm³/mol. The van der Waals surface area contributed by atoms with Gasteiger partial charge >= 0.3 is 0 Å². The first-order chi connectivity index (χ1) is 13.1. The Kier molecular flexibility index (Phi) is 6.85. The maximum atomic E-state index is 13.3. The lowest BCUT2D eigenvalue weighted by Gasteiger charge is -2.38. The van der Waals surface area contributed by atoms with Gasteiger partial charge in [-0.3, -0.25) is 4.99 Å². The van der Waals surface area contributed by atoms with Crippen molar-refractivity contribution < 1.29 is 9.13 Å². The van der Waals surface area contributed by atoms with Gasteiger partial charge in [0.1, 0.15) is 5.82 Å². The van der Waals surface area contributed by atoms with Crippen molar-refractivity contribution in [3.8, 4) is 0 Å². The molecular formula is C21H25BrFN3O. The molecule has 0 spiro atoms. The molecule has 6 heteroatoms. The molecule has 0 radical (unpaired) electrons. The first kappa shape index (κ1) is 19.8. The molecule has 1 saturated heterocycles. The van der Waals surface area contributed by atoms with Gasteiger partial charge < -0.3 is 15.4 Å². The SMILES string of the molecule is CN=C(NCc1cccc(F)c1)NCC1(c2ccc(Br)cc2)CCOCC1. The summed E-state index contributed by atoms with van der Waals surface area (Å²) in [5.41, 5.74) is 2.20. The van der Waals surface area contributed by atoms with E-state index in [-0.39, 0.29) is 11.2 Å². The number of ether oxygens (including phenoxy) is 1. The lowest BCUT2D eigenvalue weighted by molar-refractivity contribution is 0.0514. The Bertz CT molecular complexity index is 773. The lowest BCUT2D eigenvalue weighted by Crippen LogP contribution is -2.47. The summed E-state index contributed by atoms with van der Waals surface area (Å²) in [6.07, 6.45) is 1.92. The summed E-state index contributed by atoms with van der Waals surface area (Å²) in [6, 6.07) is 15.1.